The molecule has 0 saturated carbocycles. The van der Waals surface area contributed by atoms with E-state index in [4.69, 9.17) is 19.3 Å². The largest absolute Gasteiger partial charge is 0.466 e. The van der Waals surface area contributed by atoms with Crippen LogP contribution in [0.15, 0.2) is 0 Å². The number of carbonyl (C=O) groups is 1. The van der Waals surface area contributed by atoms with Crippen LogP contribution in [0, 0.1) is 0 Å². The second kappa shape index (κ2) is 12.6. The molecule has 8 heteroatoms. The molecule has 0 amide bonds. The van der Waals surface area contributed by atoms with E-state index in [1.165, 1.54) is 0 Å². The number of rotatable bonds is 12. The third-order valence-electron chi connectivity index (χ3n) is 4.21. The van der Waals surface area contributed by atoms with Crippen LogP contribution in [-0.4, -0.2) is 76.9 Å². The Morgan fingerprint density at radius 3 is 2.24 bits per heavy atom. The van der Waals surface area contributed by atoms with Crippen molar-refractivity contribution in [2.45, 2.75) is 82.6 Å². The third kappa shape index (κ3) is 7.98. The average molecular weight is 364 g/mol. The molecule has 1 aliphatic heterocycles. The standard InChI is InChI=1S/C17H32O8/c1-2-23-13(19)9-7-5-3-4-6-8-10-24-17-16(22)15(21)14(20)12(11-18)25-17/h12,14-18,20-22H,2-11H2,1H3/t12-,14-,15+,16+,17+/m1/s1. The van der Waals surface area contributed by atoms with Crippen LogP contribution >= 0.6 is 0 Å². The normalized spacial score (nSPS) is 29.6. The number of hydrogen-bond donors (Lipinski definition) is 4. The Bertz CT molecular complexity index is 363. The van der Waals surface area contributed by atoms with E-state index in [1.807, 2.05) is 0 Å². The second-order valence-electron chi connectivity index (χ2n) is 6.24. The van der Waals surface area contributed by atoms with Crippen LogP contribution in [0.25, 0.3) is 0 Å². The predicted molar refractivity (Wildman–Crippen MR) is 88.7 cm³/mol. The molecule has 25 heavy (non-hydrogen) atoms. The minimum atomic E-state index is -1.41. The molecule has 1 heterocycles. The maximum atomic E-state index is 11.2. The maximum Gasteiger partial charge on any atom is 0.305 e. The van der Waals surface area contributed by atoms with Gasteiger partial charge in [-0.1, -0.05) is 25.7 Å². The van der Waals surface area contributed by atoms with Crippen molar-refractivity contribution in [3.8, 4) is 0 Å². The molecule has 1 saturated heterocycles. The number of hydrogen-bond acceptors (Lipinski definition) is 8. The van der Waals surface area contributed by atoms with Gasteiger partial charge in [0.1, 0.15) is 24.4 Å². The first-order valence-corrected chi connectivity index (χ1v) is 9.09. The highest BCUT2D eigenvalue weighted by Crippen LogP contribution is 2.22. The van der Waals surface area contributed by atoms with E-state index in [0.717, 1.165) is 38.5 Å². The Labute approximate surface area is 148 Å². The van der Waals surface area contributed by atoms with Crippen LogP contribution < -0.4 is 0 Å². The van der Waals surface area contributed by atoms with Crippen LogP contribution in [0.3, 0.4) is 0 Å². The van der Waals surface area contributed by atoms with Crippen molar-refractivity contribution in [2.24, 2.45) is 0 Å². The van der Waals surface area contributed by atoms with Gasteiger partial charge >= 0.3 is 5.97 Å². The zero-order chi connectivity index (χ0) is 18.7. The molecular formula is C17H32O8. The van der Waals surface area contributed by atoms with Gasteiger partial charge in [0.25, 0.3) is 0 Å². The summed E-state index contributed by atoms with van der Waals surface area (Å²) in [7, 11) is 0. The summed E-state index contributed by atoms with van der Waals surface area (Å²) in [5.41, 5.74) is 0. The molecule has 1 aliphatic rings. The predicted octanol–water partition coefficient (Wildman–Crippen LogP) is 0.0967. The fraction of sp³-hybridized carbons (Fsp3) is 0.941. The highest BCUT2D eigenvalue weighted by atomic mass is 16.7. The van der Waals surface area contributed by atoms with E-state index in [-0.39, 0.29) is 5.97 Å². The Morgan fingerprint density at radius 1 is 0.960 bits per heavy atom. The number of esters is 1. The lowest BCUT2D eigenvalue weighted by Crippen LogP contribution is -2.59. The molecule has 0 spiro atoms. The van der Waals surface area contributed by atoms with Crippen molar-refractivity contribution >= 4 is 5.97 Å². The Kier molecular flexibility index (Phi) is 11.2. The number of unbranched alkanes of at least 4 members (excludes halogenated alkanes) is 5. The molecule has 0 aromatic carbocycles. The Balaban J connectivity index is 2.05. The van der Waals surface area contributed by atoms with Gasteiger partial charge in [-0.3, -0.25) is 4.79 Å². The molecule has 1 fully saturated rings. The number of aliphatic hydroxyl groups excluding tert-OH is 4. The second-order valence-corrected chi connectivity index (χ2v) is 6.24. The quantitative estimate of drug-likeness (QED) is 0.284. The first-order chi connectivity index (χ1) is 12.0. The van der Waals surface area contributed by atoms with E-state index < -0.39 is 37.3 Å². The molecular weight excluding hydrogens is 332 g/mol. The summed E-state index contributed by atoms with van der Waals surface area (Å²) in [5.74, 6) is -0.143. The lowest BCUT2D eigenvalue weighted by Gasteiger charge is -2.39. The molecule has 4 N–H and O–H groups in total. The lowest BCUT2D eigenvalue weighted by atomic mass is 9.99. The number of aliphatic hydroxyl groups is 4. The van der Waals surface area contributed by atoms with E-state index in [9.17, 15) is 20.1 Å². The summed E-state index contributed by atoms with van der Waals surface area (Å²) in [4.78, 5) is 11.2. The number of carbonyl (C=O) groups excluding carboxylic acids is 1. The first kappa shape index (κ1) is 22.3. The third-order valence-corrected chi connectivity index (χ3v) is 4.21. The highest BCUT2D eigenvalue weighted by Gasteiger charge is 2.43. The summed E-state index contributed by atoms with van der Waals surface area (Å²) in [5, 5.41) is 38.3. The Hall–Kier alpha value is -0.770. The van der Waals surface area contributed by atoms with Crippen molar-refractivity contribution in [3.05, 3.63) is 0 Å². The van der Waals surface area contributed by atoms with E-state index in [0.29, 0.717) is 19.6 Å². The van der Waals surface area contributed by atoms with Crippen LogP contribution in [0.1, 0.15) is 51.9 Å². The van der Waals surface area contributed by atoms with Crippen molar-refractivity contribution in [3.63, 3.8) is 0 Å². The molecule has 148 valence electrons. The van der Waals surface area contributed by atoms with Gasteiger partial charge in [0.2, 0.25) is 0 Å². The van der Waals surface area contributed by atoms with Gasteiger partial charge in [-0.15, -0.1) is 0 Å². The molecule has 5 atom stereocenters. The summed E-state index contributed by atoms with van der Waals surface area (Å²) in [6.07, 6.45) is -0.0848. The smallest absolute Gasteiger partial charge is 0.305 e. The average Bonchev–Trinajstić information content (AvgIpc) is 2.60. The SMILES string of the molecule is CCOC(=O)CCCCCCCCO[C@H]1O[C@H](CO)[C@@H](O)[C@H](O)[C@@H]1O. The number of ether oxygens (including phenoxy) is 3. The fourth-order valence-corrected chi connectivity index (χ4v) is 2.72. The fourth-order valence-electron chi connectivity index (χ4n) is 2.72. The van der Waals surface area contributed by atoms with Gasteiger partial charge in [0.05, 0.1) is 13.2 Å². The summed E-state index contributed by atoms with van der Waals surface area (Å²) in [6, 6.07) is 0. The lowest BCUT2D eigenvalue weighted by molar-refractivity contribution is -0.301. The minimum absolute atomic E-state index is 0.143. The van der Waals surface area contributed by atoms with Gasteiger partial charge in [0, 0.05) is 13.0 Å². The van der Waals surface area contributed by atoms with Crippen molar-refractivity contribution in [1.29, 1.82) is 0 Å². The summed E-state index contributed by atoms with van der Waals surface area (Å²) < 4.78 is 15.5. The maximum absolute atomic E-state index is 11.2. The zero-order valence-corrected chi connectivity index (χ0v) is 14.9. The van der Waals surface area contributed by atoms with Gasteiger partial charge in [-0.2, -0.15) is 0 Å². The topological polar surface area (TPSA) is 126 Å². The van der Waals surface area contributed by atoms with E-state index >= 15 is 0 Å². The molecule has 0 unspecified atom stereocenters. The minimum Gasteiger partial charge on any atom is -0.466 e. The molecule has 8 nitrogen and oxygen atoms in total. The zero-order valence-electron chi connectivity index (χ0n) is 14.9. The van der Waals surface area contributed by atoms with Crippen LogP contribution in [0.4, 0.5) is 0 Å². The van der Waals surface area contributed by atoms with E-state index in [2.05, 4.69) is 0 Å². The molecule has 0 aromatic heterocycles. The summed E-state index contributed by atoms with van der Waals surface area (Å²) >= 11 is 0. The van der Waals surface area contributed by atoms with Crippen LogP contribution in [0.5, 0.6) is 0 Å². The molecule has 0 aromatic rings. The van der Waals surface area contributed by atoms with Gasteiger partial charge in [-0.25, -0.2) is 0 Å². The van der Waals surface area contributed by atoms with Crippen LogP contribution in [0.2, 0.25) is 0 Å². The molecule has 0 aliphatic carbocycles. The van der Waals surface area contributed by atoms with Gasteiger partial charge in [0.15, 0.2) is 6.29 Å². The molecule has 0 bridgehead atoms. The van der Waals surface area contributed by atoms with Gasteiger partial charge in [-0.05, 0) is 19.8 Å². The highest BCUT2D eigenvalue weighted by molar-refractivity contribution is 5.69. The summed E-state index contributed by atoms with van der Waals surface area (Å²) in [6.45, 7) is 2.11. The van der Waals surface area contributed by atoms with Crippen molar-refractivity contribution < 1.29 is 39.4 Å². The van der Waals surface area contributed by atoms with Crippen molar-refractivity contribution in [2.75, 3.05) is 19.8 Å². The van der Waals surface area contributed by atoms with E-state index in [1.54, 1.807) is 6.92 Å². The molecule has 1 rings (SSSR count). The van der Waals surface area contributed by atoms with Crippen LogP contribution in [-0.2, 0) is 19.0 Å². The Morgan fingerprint density at radius 2 is 1.60 bits per heavy atom. The van der Waals surface area contributed by atoms with Gasteiger partial charge < -0.3 is 34.6 Å². The molecule has 0 radical (unpaired) electrons. The van der Waals surface area contributed by atoms with Crippen molar-refractivity contribution in [1.82, 2.24) is 0 Å². The monoisotopic (exact) mass is 364 g/mol. The first-order valence-electron chi connectivity index (χ1n) is 9.09.